The molecular weight excluding hydrogens is 333 g/mol. The van der Waals surface area contributed by atoms with Gasteiger partial charge in [0.2, 0.25) is 5.95 Å². The highest BCUT2D eigenvalue weighted by Gasteiger charge is 2.13. The number of aryl methyl sites for hydroxylation is 2. The van der Waals surface area contributed by atoms with E-state index in [1.54, 1.807) is 0 Å². The second kappa shape index (κ2) is 7.51. The normalized spacial score (nSPS) is 10.9. The zero-order chi connectivity index (χ0) is 18.7. The van der Waals surface area contributed by atoms with Crippen LogP contribution in [0.3, 0.4) is 0 Å². The number of hydrogen-bond donors (Lipinski definition) is 3. The molecule has 0 unspecified atom stereocenters. The van der Waals surface area contributed by atoms with E-state index in [0.717, 1.165) is 28.6 Å². The topological polar surface area (TPSA) is 82.7 Å². The van der Waals surface area contributed by atoms with Gasteiger partial charge in [-0.05, 0) is 43.5 Å². The fourth-order valence-electron chi connectivity index (χ4n) is 2.98. The fraction of sp³-hybridized carbons (Fsp3) is 0.316. The molecule has 0 spiro atoms. The van der Waals surface area contributed by atoms with Crippen LogP contribution in [0.25, 0.3) is 10.9 Å². The summed E-state index contributed by atoms with van der Waals surface area (Å²) in [5.41, 5.74) is 4.05. The van der Waals surface area contributed by atoms with Gasteiger partial charge in [-0.3, -0.25) is 4.79 Å². The van der Waals surface area contributed by atoms with Crippen molar-refractivity contribution in [1.29, 1.82) is 0 Å². The van der Waals surface area contributed by atoms with E-state index in [9.17, 15) is 9.18 Å². The molecule has 136 valence electrons. The number of nitrogens with one attached hydrogen (secondary N) is 3. The molecule has 3 aromatic rings. The van der Waals surface area contributed by atoms with Gasteiger partial charge in [-0.25, -0.2) is 14.4 Å². The van der Waals surface area contributed by atoms with E-state index >= 15 is 0 Å². The van der Waals surface area contributed by atoms with Gasteiger partial charge in [-0.15, -0.1) is 0 Å². The molecule has 3 N–H and O–H groups in total. The van der Waals surface area contributed by atoms with Crippen molar-refractivity contribution in [2.45, 2.75) is 33.7 Å². The van der Waals surface area contributed by atoms with Gasteiger partial charge in [-0.2, -0.15) is 0 Å². The first-order valence-corrected chi connectivity index (χ1v) is 8.67. The summed E-state index contributed by atoms with van der Waals surface area (Å²) in [6.07, 6.45) is 3.77. The first kappa shape index (κ1) is 17.8. The Hall–Kier alpha value is -2.96. The third-order valence-electron chi connectivity index (χ3n) is 4.36. The number of hydrogen-bond acceptors (Lipinski definition) is 4. The number of fused-ring (bicyclic) bond motifs is 1. The molecule has 0 radical (unpaired) electrons. The van der Waals surface area contributed by atoms with Gasteiger partial charge >= 0.3 is 0 Å². The molecule has 0 saturated carbocycles. The van der Waals surface area contributed by atoms with Crippen LogP contribution in [0.1, 0.15) is 41.0 Å². The van der Waals surface area contributed by atoms with Crippen molar-refractivity contribution < 1.29 is 9.18 Å². The van der Waals surface area contributed by atoms with Crippen molar-refractivity contribution in [3.05, 3.63) is 52.7 Å². The number of carbonyl (C=O) groups excluding carboxylic acids is 1. The number of amides is 1. The van der Waals surface area contributed by atoms with E-state index in [1.165, 1.54) is 24.5 Å². The second-order valence-electron chi connectivity index (χ2n) is 6.08. The lowest BCUT2D eigenvalue weighted by molar-refractivity contribution is 0.0950. The van der Waals surface area contributed by atoms with Crippen LogP contribution in [-0.2, 0) is 13.0 Å². The highest BCUT2D eigenvalue weighted by atomic mass is 19.1. The first-order chi connectivity index (χ1) is 12.5. The Morgan fingerprint density at radius 2 is 1.96 bits per heavy atom. The van der Waals surface area contributed by atoms with Gasteiger partial charge in [0.25, 0.3) is 5.91 Å². The van der Waals surface area contributed by atoms with Crippen molar-refractivity contribution in [2.24, 2.45) is 0 Å². The number of aromatic amines is 1. The molecule has 6 nitrogen and oxygen atoms in total. The molecule has 1 amide bonds. The predicted molar refractivity (Wildman–Crippen MR) is 99.7 cm³/mol. The molecule has 0 atom stereocenters. The Morgan fingerprint density at radius 3 is 2.62 bits per heavy atom. The minimum absolute atomic E-state index is 0.213. The number of halogens is 1. The smallest absolute Gasteiger partial charge is 0.254 e. The molecule has 0 aliphatic heterocycles. The molecule has 3 rings (SSSR count). The summed E-state index contributed by atoms with van der Waals surface area (Å²) in [6.45, 7) is 6.88. The second-order valence-corrected chi connectivity index (χ2v) is 6.08. The van der Waals surface area contributed by atoms with Crippen molar-refractivity contribution in [1.82, 2.24) is 20.3 Å². The SMILES string of the molecule is CCNc1ncc(C(=O)NCc2cc(F)cc3c(C)c(CC)[nH]c23)cn1. The van der Waals surface area contributed by atoms with Crippen molar-refractivity contribution >= 4 is 22.8 Å². The monoisotopic (exact) mass is 355 g/mol. The summed E-state index contributed by atoms with van der Waals surface area (Å²) in [4.78, 5) is 23.8. The van der Waals surface area contributed by atoms with E-state index < -0.39 is 0 Å². The summed E-state index contributed by atoms with van der Waals surface area (Å²) >= 11 is 0. The Kier molecular flexibility index (Phi) is 5.16. The van der Waals surface area contributed by atoms with E-state index in [1.807, 2.05) is 20.8 Å². The number of H-pyrrole nitrogens is 1. The Balaban J connectivity index is 1.79. The van der Waals surface area contributed by atoms with Crippen molar-refractivity contribution in [2.75, 3.05) is 11.9 Å². The average Bonchev–Trinajstić information content (AvgIpc) is 2.96. The van der Waals surface area contributed by atoms with Crippen LogP contribution >= 0.6 is 0 Å². The van der Waals surface area contributed by atoms with E-state index in [0.29, 0.717) is 23.6 Å². The molecule has 0 aliphatic carbocycles. The van der Waals surface area contributed by atoms with Crippen molar-refractivity contribution in [3.63, 3.8) is 0 Å². The average molecular weight is 355 g/mol. The maximum Gasteiger partial charge on any atom is 0.254 e. The number of anilines is 1. The molecule has 2 aromatic heterocycles. The van der Waals surface area contributed by atoms with Crippen LogP contribution in [0.2, 0.25) is 0 Å². The van der Waals surface area contributed by atoms with Gasteiger partial charge in [-0.1, -0.05) is 6.92 Å². The Bertz CT molecular complexity index is 933. The van der Waals surface area contributed by atoms with Crippen LogP contribution in [0, 0.1) is 12.7 Å². The van der Waals surface area contributed by atoms with Gasteiger partial charge in [0.1, 0.15) is 5.82 Å². The number of nitrogens with zero attached hydrogens (tertiary/aromatic N) is 2. The number of aromatic nitrogens is 3. The minimum Gasteiger partial charge on any atom is -0.358 e. The predicted octanol–water partition coefficient (Wildman–Crippen LogP) is 3.33. The molecule has 1 aromatic carbocycles. The largest absolute Gasteiger partial charge is 0.358 e. The maximum absolute atomic E-state index is 14.0. The highest BCUT2D eigenvalue weighted by Crippen LogP contribution is 2.26. The third-order valence-corrected chi connectivity index (χ3v) is 4.36. The zero-order valence-corrected chi connectivity index (χ0v) is 15.1. The quantitative estimate of drug-likeness (QED) is 0.633. The van der Waals surface area contributed by atoms with E-state index in [4.69, 9.17) is 0 Å². The lowest BCUT2D eigenvalue weighted by Gasteiger charge is -2.08. The molecule has 0 saturated heterocycles. The molecular formula is C19H22FN5O. The molecule has 2 heterocycles. The van der Waals surface area contributed by atoms with Crippen LogP contribution < -0.4 is 10.6 Å². The lowest BCUT2D eigenvalue weighted by Crippen LogP contribution is -2.23. The molecule has 7 heteroatoms. The summed E-state index contributed by atoms with van der Waals surface area (Å²) in [6, 6.07) is 2.97. The van der Waals surface area contributed by atoms with E-state index in [2.05, 4.69) is 25.6 Å². The summed E-state index contributed by atoms with van der Waals surface area (Å²) in [7, 11) is 0. The van der Waals surface area contributed by atoms with Crippen LogP contribution in [0.15, 0.2) is 24.5 Å². The van der Waals surface area contributed by atoms with Gasteiger partial charge in [0.05, 0.1) is 11.1 Å². The summed E-state index contributed by atoms with van der Waals surface area (Å²) in [5, 5.41) is 6.63. The van der Waals surface area contributed by atoms with Crippen LogP contribution in [0.5, 0.6) is 0 Å². The fourth-order valence-corrected chi connectivity index (χ4v) is 2.98. The number of carbonyl (C=O) groups is 1. The van der Waals surface area contributed by atoms with Gasteiger partial charge < -0.3 is 15.6 Å². The first-order valence-electron chi connectivity index (χ1n) is 8.67. The zero-order valence-electron chi connectivity index (χ0n) is 15.1. The molecule has 0 aliphatic rings. The highest BCUT2D eigenvalue weighted by molar-refractivity contribution is 5.94. The minimum atomic E-state index is -0.315. The molecule has 0 fully saturated rings. The maximum atomic E-state index is 14.0. The Labute approximate surface area is 151 Å². The number of benzene rings is 1. The van der Waals surface area contributed by atoms with E-state index in [-0.39, 0.29) is 18.3 Å². The molecule has 0 bridgehead atoms. The lowest BCUT2D eigenvalue weighted by atomic mass is 10.1. The van der Waals surface area contributed by atoms with Crippen LogP contribution in [0.4, 0.5) is 10.3 Å². The standard InChI is InChI=1S/C19H22FN5O/c1-4-16-11(3)15-7-14(20)6-12(17(15)25-16)8-22-18(26)13-9-23-19(21-5-2)24-10-13/h6-7,9-10,25H,4-5,8H2,1-3H3,(H,22,26)(H,21,23,24). The van der Waals surface area contributed by atoms with Crippen molar-refractivity contribution in [3.8, 4) is 0 Å². The van der Waals surface area contributed by atoms with Gasteiger partial charge in [0.15, 0.2) is 0 Å². The van der Waals surface area contributed by atoms with Gasteiger partial charge in [0, 0.05) is 36.6 Å². The summed E-state index contributed by atoms with van der Waals surface area (Å²) in [5.74, 6) is -0.140. The summed E-state index contributed by atoms with van der Waals surface area (Å²) < 4.78 is 14.0. The van der Waals surface area contributed by atoms with Crippen LogP contribution in [-0.4, -0.2) is 27.4 Å². The molecule has 26 heavy (non-hydrogen) atoms. The Morgan fingerprint density at radius 1 is 1.23 bits per heavy atom. The number of rotatable bonds is 6. The third kappa shape index (κ3) is 3.51.